The molecule has 0 spiro atoms. The van der Waals surface area contributed by atoms with Gasteiger partial charge in [-0.25, -0.2) is 0 Å². The quantitative estimate of drug-likeness (QED) is 0.0204. The molecule has 9 N–H and O–H groups in total. The van der Waals surface area contributed by atoms with Gasteiger partial charge in [0.05, 0.1) is 32.0 Å². The molecule has 0 aromatic carbocycles. The third-order valence-corrected chi connectivity index (χ3v) is 14.9. The van der Waals surface area contributed by atoms with Crippen LogP contribution < -0.4 is 5.32 Å². The van der Waals surface area contributed by atoms with Crippen LogP contribution in [0.4, 0.5) is 0 Å². The van der Waals surface area contributed by atoms with E-state index in [1.165, 1.54) is 167 Å². The van der Waals surface area contributed by atoms with Gasteiger partial charge in [-0.15, -0.1) is 0 Å². The number of ether oxygens (including phenoxy) is 4. The standard InChI is InChI=1S/C59H111NO13/c1-3-5-7-9-11-13-15-17-19-21-22-23-24-25-26-27-29-31-33-35-37-39-41-43-51(64)60-47(48(63)42-40-38-36-34-32-30-28-20-18-16-14-12-10-8-6-4-2)46-70-58-56(69)54(67)57(50(45-62)72-58)73-59-55(68)53(66)52(65)49(44-61)71-59/h15,17,21-22,47-50,52-59,61-63,65-69H,3-14,16,18-20,23-46H2,1-2H3,(H,60,64)/b17-15-,22-21-. The van der Waals surface area contributed by atoms with Crippen molar-refractivity contribution < 1.29 is 64.6 Å². The fourth-order valence-electron chi connectivity index (χ4n) is 10.0. The molecule has 2 aliphatic rings. The summed E-state index contributed by atoms with van der Waals surface area (Å²) < 4.78 is 22.8. The van der Waals surface area contributed by atoms with Crippen molar-refractivity contribution in [3.05, 3.63) is 24.3 Å². The molecule has 2 fully saturated rings. The number of nitrogens with one attached hydrogen (secondary N) is 1. The van der Waals surface area contributed by atoms with E-state index < -0.39 is 86.8 Å². The highest BCUT2D eigenvalue weighted by molar-refractivity contribution is 5.76. The number of allylic oxidation sites excluding steroid dienone is 4. The topological polar surface area (TPSA) is 228 Å². The number of carbonyl (C=O) groups excluding carboxylic acids is 1. The highest BCUT2D eigenvalue weighted by Gasteiger charge is 2.51. The monoisotopic (exact) mass is 1040 g/mol. The fourth-order valence-corrected chi connectivity index (χ4v) is 10.0. The molecule has 12 atom stereocenters. The predicted octanol–water partition coefficient (Wildman–Crippen LogP) is 10.1. The van der Waals surface area contributed by atoms with E-state index in [0.29, 0.717) is 12.8 Å². The first-order chi connectivity index (χ1) is 35.6. The average Bonchev–Trinajstić information content (AvgIpc) is 3.39. The van der Waals surface area contributed by atoms with Gasteiger partial charge in [-0.05, 0) is 44.9 Å². The van der Waals surface area contributed by atoms with Crippen LogP contribution >= 0.6 is 0 Å². The summed E-state index contributed by atoms with van der Waals surface area (Å²) in [5, 5.41) is 87.2. The van der Waals surface area contributed by atoms with Gasteiger partial charge in [0.15, 0.2) is 12.6 Å². The van der Waals surface area contributed by atoms with Gasteiger partial charge in [-0.2, -0.15) is 0 Å². The Morgan fingerprint density at radius 2 is 0.904 bits per heavy atom. The van der Waals surface area contributed by atoms with Crippen molar-refractivity contribution in [3.8, 4) is 0 Å². The molecule has 0 bridgehead atoms. The van der Waals surface area contributed by atoms with E-state index in [0.717, 1.165) is 57.8 Å². The SMILES string of the molecule is CCCCCCC/C=C\C/C=C\CCCCCCCCCCCCCC(=O)NC(COC1OC(CO)C(OC2OC(CO)C(O)C(O)C2O)C(O)C1O)C(O)CCCCCCCCCCCCCCCCCC. The molecule has 12 unspecified atom stereocenters. The van der Waals surface area contributed by atoms with Gasteiger partial charge in [-0.1, -0.05) is 224 Å². The lowest BCUT2D eigenvalue weighted by Crippen LogP contribution is -2.65. The van der Waals surface area contributed by atoms with E-state index in [-0.39, 0.29) is 12.5 Å². The van der Waals surface area contributed by atoms with Gasteiger partial charge in [0.2, 0.25) is 5.91 Å². The van der Waals surface area contributed by atoms with Crippen LogP contribution in [0, 0.1) is 0 Å². The summed E-state index contributed by atoms with van der Waals surface area (Å²) in [6.07, 6.45) is 36.0. The van der Waals surface area contributed by atoms with E-state index in [2.05, 4.69) is 43.5 Å². The zero-order valence-corrected chi connectivity index (χ0v) is 46.1. The largest absolute Gasteiger partial charge is 0.394 e. The second-order valence-electron chi connectivity index (χ2n) is 21.5. The molecule has 0 saturated carbocycles. The molecule has 0 aliphatic carbocycles. The van der Waals surface area contributed by atoms with Gasteiger partial charge < -0.3 is 65.1 Å². The molecule has 2 rings (SSSR count). The lowest BCUT2D eigenvalue weighted by Gasteiger charge is -2.46. The van der Waals surface area contributed by atoms with Crippen molar-refractivity contribution in [2.75, 3.05) is 19.8 Å². The summed E-state index contributed by atoms with van der Waals surface area (Å²) in [5.74, 6) is -0.207. The summed E-state index contributed by atoms with van der Waals surface area (Å²) in [5.41, 5.74) is 0. The number of carbonyl (C=O) groups is 1. The lowest BCUT2D eigenvalue weighted by atomic mass is 9.97. The fraction of sp³-hybridized carbons (Fsp3) is 0.915. The molecule has 73 heavy (non-hydrogen) atoms. The first kappa shape index (κ1) is 67.6. The Hall–Kier alpha value is -1.53. The summed E-state index contributed by atoms with van der Waals surface area (Å²) in [6, 6.07) is -0.828. The first-order valence-corrected chi connectivity index (χ1v) is 30.1. The van der Waals surface area contributed by atoms with Crippen LogP contribution in [-0.4, -0.2) is 140 Å². The number of hydrogen-bond donors (Lipinski definition) is 9. The van der Waals surface area contributed by atoms with Crippen molar-refractivity contribution in [1.29, 1.82) is 0 Å². The molecule has 0 aromatic heterocycles. The van der Waals surface area contributed by atoms with Crippen molar-refractivity contribution in [1.82, 2.24) is 5.32 Å². The minimum absolute atomic E-state index is 0.207. The molecule has 2 heterocycles. The molecular formula is C59H111NO13. The van der Waals surface area contributed by atoms with E-state index in [1.54, 1.807) is 0 Å². The summed E-state index contributed by atoms with van der Waals surface area (Å²) in [7, 11) is 0. The van der Waals surface area contributed by atoms with Crippen LogP contribution in [0.5, 0.6) is 0 Å². The summed E-state index contributed by atoms with van der Waals surface area (Å²) >= 11 is 0. The van der Waals surface area contributed by atoms with Crippen LogP contribution in [-0.2, 0) is 23.7 Å². The number of hydrogen-bond acceptors (Lipinski definition) is 13. The molecule has 2 saturated heterocycles. The van der Waals surface area contributed by atoms with Gasteiger partial charge in [0.25, 0.3) is 0 Å². The molecule has 430 valence electrons. The van der Waals surface area contributed by atoms with Crippen LogP contribution in [0.1, 0.15) is 251 Å². The molecule has 0 radical (unpaired) electrons. The second kappa shape index (κ2) is 45.5. The van der Waals surface area contributed by atoms with E-state index in [4.69, 9.17) is 18.9 Å². The highest BCUT2D eigenvalue weighted by atomic mass is 16.7. The van der Waals surface area contributed by atoms with E-state index >= 15 is 0 Å². The number of aliphatic hydroxyl groups is 8. The predicted molar refractivity (Wildman–Crippen MR) is 291 cm³/mol. The van der Waals surface area contributed by atoms with Gasteiger partial charge in [0, 0.05) is 6.42 Å². The number of aliphatic hydroxyl groups excluding tert-OH is 8. The van der Waals surface area contributed by atoms with E-state index in [1.807, 2.05) is 0 Å². The number of unbranched alkanes of at least 4 members (excludes halogenated alkanes) is 31. The van der Waals surface area contributed by atoms with Crippen molar-refractivity contribution in [2.24, 2.45) is 0 Å². The molecule has 0 aromatic rings. The van der Waals surface area contributed by atoms with Gasteiger partial charge in [0.1, 0.15) is 48.8 Å². The Morgan fingerprint density at radius 1 is 0.493 bits per heavy atom. The maximum absolute atomic E-state index is 13.3. The second-order valence-corrected chi connectivity index (χ2v) is 21.5. The van der Waals surface area contributed by atoms with Crippen LogP contribution in [0.2, 0.25) is 0 Å². The molecule has 1 amide bonds. The minimum Gasteiger partial charge on any atom is -0.394 e. The Labute approximate surface area is 443 Å². The number of rotatable bonds is 48. The number of amides is 1. The Morgan fingerprint density at radius 3 is 1.37 bits per heavy atom. The molecule has 2 aliphatic heterocycles. The Balaban J connectivity index is 1.74. The third-order valence-electron chi connectivity index (χ3n) is 14.9. The maximum Gasteiger partial charge on any atom is 0.220 e. The Bertz CT molecular complexity index is 1320. The van der Waals surface area contributed by atoms with Gasteiger partial charge in [-0.3, -0.25) is 4.79 Å². The van der Waals surface area contributed by atoms with E-state index in [9.17, 15) is 45.6 Å². The highest BCUT2D eigenvalue weighted by Crippen LogP contribution is 2.30. The van der Waals surface area contributed by atoms with Crippen LogP contribution in [0.3, 0.4) is 0 Å². The molecular weight excluding hydrogens is 931 g/mol. The van der Waals surface area contributed by atoms with Crippen molar-refractivity contribution in [2.45, 2.75) is 325 Å². The summed E-state index contributed by atoms with van der Waals surface area (Å²) in [4.78, 5) is 13.3. The van der Waals surface area contributed by atoms with Crippen molar-refractivity contribution in [3.63, 3.8) is 0 Å². The molecule has 14 nitrogen and oxygen atoms in total. The van der Waals surface area contributed by atoms with Crippen molar-refractivity contribution >= 4 is 5.91 Å². The average molecular weight is 1040 g/mol. The normalized spacial score (nSPS) is 25.5. The lowest BCUT2D eigenvalue weighted by molar-refractivity contribution is -0.359. The Kier molecular flexibility index (Phi) is 42.1. The first-order valence-electron chi connectivity index (χ1n) is 30.1. The summed E-state index contributed by atoms with van der Waals surface area (Å²) in [6.45, 7) is 2.87. The maximum atomic E-state index is 13.3. The zero-order chi connectivity index (χ0) is 53.2. The minimum atomic E-state index is -1.78. The van der Waals surface area contributed by atoms with Crippen LogP contribution in [0.25, 0.3) is 0 Å². The van der Waals surface area contributed by atoms with Gasteiger partial charge >= 0.3 is 0 Å². The van der Waals surface area contributed by atoms with Crippen LogP contribution in [0.15, 0.2) is 24.3 Å². The smallest absolute Gasteiger partial charge is 0.220 e. The zero-order valence-electron chi connectivity index (χ0n) is 46.1. The molecule has 14 heteroatoms. The third kappa shape index (κ3) is 31.5.